The molecule has 0 atom stereocenters. The van der Waals surface area contributed by atoms with Crippen LogP contribution in [0.4, 0.5) is 0 Å². The summed E-state index contributed by atoms with van der Waals surface area (Å²) in [5, 5.41) is 16.4. The van der Waals surface area contributed by atoms with Gasteiger partial charge in [-0.05, 0) is 32.4 Å². The molecule has 0 aliphatic rings. The molecule has 1 aromatic carbocycles. The van der Waals surface area contributed by atoms with Crippen LogP contribution in [0.2, 0.25) is 0 Å². The fraction of sp³-hybridized carbons (Fsp3) is 0.400. The van der Waals surface area contributed by atoms with E-state index in [0.717, 1.165) is 10.9 Å². The predicted molar refractivity (Wildman–Crippen MR) is 79.1 cm³/mol. The molecule has 0 saturated carbocycles. The molecule has 0 aliphatic carbocycles. The quantitative estimate of drug-likeness (QED) is 0.854. The number of hydrogen-bond donors (Lipinski definition) is 2. The fourth-order valence-corrected chi connectivity index (χ4v) is 2.23. The third-order valence-corrected chi connectivity index (χ3v) is 3.36. The summed E-state index contributed by atoms with van der Waals surface area (Å²) in [5.41, 5.74) is 1.39. The van der Waals surface area contributed by atoms with Gasteiger partial charge in [-0.3, -0.25) is 14.7 Å². The van der Waals surface area contributed by atoms with Crippen molar-refractivity contribution < 1.29 is 14.7 Å². The number of amides is 1. The lowest BCUT2D eigenvalue weighted by atomic mass is 10.1. The zero-order valence-electron chi connectivity index (χ0n) is 12.2. The number of nitrogens with zero attached hydrogens (tertiary/aromatic N) is 2. The van der Waals surface area contributed by atoms with E-state index in [-0.39, 0.29) is 18.4 Å². The van der Waals surface area contributed by atoms with Crippen LogP contribution >= 0.6 is 0 Å². The largest absolute Gasteiger partial charge is 0.481 e. The van der Waals surface area contributed by atoms with Gasteiger partial charge in [0.25, 0.3) is 5.91 Å². The number of carbonyl (C=O) groups is 2. The van der Waals surface area contributed by atoms with Crippen LogP contribution in [0.15, 0.2) is 24.4 Å². The third-order valence-electron chi connectivity index (χ3n) is 3.36. The molecule has 0 fully saturated rings. The maximum absolute atomic E-state index is 12.6. The number of benzene rings is 1. The second-order valence-electron chi connectivity index (χ2n) is 5.26. The van der Waals surface area contributed by atoms with Gasteiger partial charge in [-0.2, -0.15) is 5.10 Å². The Morgan fingerprint density at radius 2 is 2.14 bits per heavy atom. The number of carboxylic acid groups (broad SMARTS) is 1. The van der Waals surface area contributed by atoms with Gasteiger partial charge in [0, 0.05) is 30.0 Å². The average Bonchev–Trinajstić information content (AvgIpc) is 2.89. The highest BCUT2D eigenvalue weighted by Crippen LogP contribution is 2.16. The first-order valence-electron chi connectivity index (χ1n) is 6.95. The number of aromatic nitrogens is 2. The number of fused-ring (bicyclic) bond motifs is 1. The van der Waals surface area contributed by atoms with E-state index in [1.54, 1.807) is 23.2 Å². The fourth-order valence-electron chi connectivity index (χ4n) is 2.23. The number of carbonyl (C=O) groups excluding carboxylic acids is 1. The van der Waals surface area contributed by atoms with Crippen LogP contribution < -0.4 is 0 Å². The number of aliphatic carboxylic acids is 1. The normalized spacial score (nSPS) is 11.0. The van der Waals surface area contributed by atoms with Crippen LogP contribution in [0.5, 0.6) is 0 Å². The van der Waals surface area contributed by atoms with Crippen molar-refractivity contribution in [2.45, 2.75) is 32.7 Å². The summed E-state index contributed by atoms with van der Waals surface area (Å²) in [7, 11) is 0. The first kappa shape index (κ1) is 15.0. The molecule has 0 unspecified atom stereocenters. The second-order valence-corrected chi connectivity index (χ2v) is 5.26. The summed E-state index contributed by atoms with van der Waals surface area (Å²) < 4.78 is 0. The van der Waals surface area contributed by atoms with Gasteiger partial charge in [0.1, 0.15) is 0 Å². The molecule has 0 bridgehead atoms. The van der Waals surface area contributed by atoms with Gasteiger partial charge in [-0.25, -0.2) is 0 Å². The smallest absolute Gasteiger partial charge is 0.303 e. The number of H-pyrrole nitrogens is 1. The van der Waals surface area contributed by atoms with Gasteiger partial charge in [0.05, 0.1) is 11.7 Å². The highest BCUT2D eigenvalue weighted by Gasteiger charge is 2.19. The zero-order valence-corrected chi connectivity index (χ0v) is 12.2. The third kappa shape index (κ3) is 3.59. The highest BCUT2D eigenvalue weighted by atomic mass is 16.4. The molecule has 2 rings (SSSR count). The lowest BCUT2D eigenvalue weighted by molar-refractivity contribution is -0.137. The number of carboxylic acids is 1. The van der Waals surface area contributed by atoms with Crippen LogP contribution in [0.3, 0.4) is 0 Å². The molecule has 1 aromatic heterocycles. The second kappa shape index (κ2) is 6.39. The molecule has 0 saturated heterocycles. The minimum absolute atomic E-state index is 0.0174. The van der Waals surface area contributed by atoms with Crippen molar-refractivity contribution in [2.24, 2.45) is 0 Å². The maximum atomic E-state index is 12.6. The van der Waals surface area contributed by atoms with E-state index in [1.165, 1.54) is 0 Å². The van der Waals surface area contributed by atoms with Crippen molar-refractivity contribution in [3.63, 3.8) is 0 Å². The van der Waals surface area contributed by atoms with Gasteiger partial charge in [-0.1, -0.05) is 6.07 Å². The number of rotatable bonds is 6. The van der Waals surface area contributed by atoms with Crippen LogP contribution in [-0.2, 0) is 4.79 Å². The van der Waals surface area contributed by atoms with E-state index >= 15 is 0 Å². The molecule has 0 radical (unpaired) electrons. The Hall–Kier alpha value is -2.37. The zero-order chi connectivity index (χ0) is 15.4. The SMILES string of the molecule is CC(C)N(CCCC(=O)O)C(=O)c1ccc2cn[nH]c2c1. The maximum Gasteiger partial charge on any atom is 0.303 e. The van der Waals surface area contributed by atoms with E-state index in [0.29, 0.717) is 18.5 Å². The van der Waals surface area contributed by atoms with Crippen molar-refractivity contribution in [1.29, 1.82) is 0 Å². The van der Waals surface area contributed by atoms with Crippen molar-refractivity contribution in [3.8, 4) is 0 Å². The first-order chi connectivity index (χ1) is 9.99. The molecule has 6 heteroatoms. The molecule has 0 spiro atoms. The average molecular weight is 289 g/mol. The predicted octanol–water partition coefficient (Wildman–Crippen LogP) is 2.28. The van der Waals surface area contributed by atoms with E-state index in [2.05, 4.69) is 10.2 Å². The molecular weight excluding hydrogens is 270 g/mol. The monoisotopic (exact) mass is 289 g/mol. The standard InChI is InChI=1S/C15H19N3O3/c1-10(2)18(7-3-4-14(19)20)15(21)11-5-6-12-9-16-17-13(12)8-11/h5-6,8-10H,3-4,7H2,1-2H3,(H,16,17)(H,19,20). The molecule has 1 heterocycles. The molecule has 112 valence electrons. The minimum atomic E-state index is -0.843. The Balaban J connectivity index is 2.14. The first-order valence-corrected chi connectivity index (χ1v) is 6.95. The van der Waals surface area contributed by atoms with Crippen LogP contribution in [0, 0.1) is 0 Å². The van der Waals surface area contributed by atoms with E-state index in [4.69, 9.17) is 5.11 Å². The molecule has 0 aliphatic heterocycles. The van der Waals surface area contributed by atoms with Gasteiger partial charge in [0.2, 0.25) is 0 Å². The molecule has 21 heavy (non-hydrogen) atoms. The number of aromatic amines is 1. The Labute approximate surface area is 122 Å². The minimum Gasteiger partial charge on any atom is -0.481 e. The van der Waals surface area contributed by atoms with E-state index < -0.39 is 5.97 Å². The van der Waals surface area contributed by atoms with E-state index in [1.807, 2.05) is 19.9 Å². The summed E-state index contributed by atoms with van der Waals surface area (Å²) in [5.74, 6) is -0.933. The van der Waals surface area contributed by atoms with Crippen molar-refractivity contribution in [3.05, 3.63) is 30.0 Å². The molecule has 6 nitrogen and oxygen atoms in total. The van der Waals surface area contributed by atoms with Gasteiger partial charge < -0.3 is 10.0 Å². The number of hydrogen-bond acceptors (Lipinski definition) is 3. The molecular formula is C15H19N3O3. The lowest BCUT2D eigenvalue weighted by Gasteiger charge is -2.26. The van der Waals surface area contributed by atoms with Crippen molar-refractivity contribution in [1.82, 2.24) is 15.1 Å². The van der Waals surface area contributed by atoms with E-state index in [9.17, 15) is 9.59 Å². The summed E-state index contributed by atoms with van der Waals surface area (Å²) in [4.78, 5) is 24.9. The van der Waals surface area contributed by atoms with Gasteiger partial charge >= 0.3 is 5.97 Å². The van der Waals surface area contributed by atoms with Gasteiger partial charge in [-0.15, -0.1) is 0 Å². The summed E-state index contributed by atoms with van der Waals surface area (Å²) in [6.07, 6.45) is 2.22. The molecule has 2 N–H and O–H groups in total. The topological polar surface area (TPSA) is 86.3 Å². The lowest BCUT2D eigenvalue weighted by Crippen LogP contribution is -2.37. The van der Waals surface area contributed by atoms with Crippen molar-refractivity contribution >= 4 is 22.8 Å². The van der Waals surface area contributed by atoms with Crippen LogP contribution in [0.25, 0.3) is 10.9 Å². The summed E-state index contributed by atoms with van der Waals surface area (Å²) >= 11 is 0. The van der Waals surface area contributed by atoms with Crippen LogP contribution in [-0.4, -0.2) is 44.7 Å². The Kier molecular flexibility index (Phi) is 4.57. The summed E-state index contributed by atoms with van der Waals surface area (Å²) in [6.45, 7) is 4.28. The summed E-state index contributed by atoms with van der Waals surface area (Å²) in [6, 6.07) is 5.41. The molecule has 2 aromatic rings. The number of nitrogens with one attached hydrogen (secondary N) is 1. The van der Waals surface area contributed by atoms with Crippen molar-refractivity contribution in [2.75, 3.05) is 6.54 Å². The molecule has 1 amide bonds. The Morgan fingerprint density at radius 1 is 1.38 bits per heavy atom. The van der Waals surface area contributed by atoms with Gasteiger partial charge in [0.15, 0.2) is 0 Å². The van der Waals surface area contributed by atoms with Crippen LogP contribution in [0.1, 0.15) is 37.0 Å². The Morgan fingerprint density at radius 3 is 2.81 bits per heavy atom. The Bertz CT molecular complexity index is 648. The highest BCUT2D eigenvalue weighted by molar-refractivity contribution is 5.97.